The molecule has 1 saturated heterocycles. The smallest absolute Gasteiger partial charge is 0.160 e. The number of allylic oxidation sites excluding steroid dienone is 2. The number of rotatable bonds is 3. The van der Waals surface area contributed by atoms with E-state index < -0.39 is 5.41 Å². The van der Waals surface area contributed by atoms with Crippen LogP contribution in [0.15, 0.2) is 52.9 Å². The Hall–Kier alpha value is -3.05. The number of hydrogen-bond donors (Lipinski definition) is 1. The van der Waals surface area contributed by atoms with Crippen molar-refractivity contribution in [3.63, 3.8) is 0 Å². The number of nitrogens with two attached hydrogens (primary N) is 1. The molecule has 25 heavy (non-hydrogen) atoms. The SMILES string of the molecule is CC(=O)C1=C(N)C(C#N)=C(N2CCCCC2)C1(C#N)c1ccccc1. The van der Waals surface area contributed by atoms with Gasteiger partial charge in [-0.3, -0.25) is 4.79 Å². The van der Waals surface area contributed by atoms with E-state index in [1.54, 1.807) is 0 Å². The predicted octanol–water partition coefficient (Wildman–Crippen LogP) is 2.53. The van der Waals surface area contributed by atoms with E-state index in [2.05, 4.69) is 17.0 Å². The van der Waals surface area contributed by atoms with Crippen LogP contribution < -0.4 is 5.73 Å². The first-order chi connectivity index (χ1) is 12.1. The molecule has 1 unspecified atom stereocenters. The lowest BCUT2D eigenvalue weighted by Gasteiger charge is -2.38. The van der Waals surface area contributed by atoms with E-state index in [1.807, 2.05) is 30.3 Å². The van der Waals surface area contributed by atoms with Gasteiger partial charge in [-0.1, -0.05) is 30.3 Å². The average molecular weight is 332 g/mol. The van der Waals surface area contributed by atoms with Crippen LogP contribution in [0.3, 0.4) is 0 Å². The van der Waals surface area contributed by atoms with Crippen molar-refractivity contribution in [1.82, 2.24) is 4.90 Å². The Morgan fingerprint density at radius 3 is 2.32 bits per heavy atom. The first kappa shape index (κ1) is 16.8. The maximum atomic E-state index is 12.5. The highest BCUT2D eigenvalue weighted by Gasteiger charge is 2.52. The van der Waals surface area contributed by atoms with Gasteiger partial charge in [0.25, 0.3) is 0 Å². The minimum Gasteiger partial charge on any atom is -0.397 e. The van der Waals surface area contributed by atoms with Crippen molar-refractivity contribution in [3.05, 3.63) is 58.4 Å². The zero-order chi connectivity index (χ0) is 18.0. The molecule has 2 N–H and O–H groups in total. The summed E-state index contributed by atoms with van der Waals surface area (Å²) < 4.78 is 0. The summed E-state index contributed by atoms with van der Waals surface area (Å²) in [6, 6.07) is 13.7. The number of ketones is 1. The molecule has 126 valence electrons. The van der Waals surface area contributed by atoms with Crippen LogP contribution >= 0.6 is 0 Å². The molecular weight excluding hydrogens is 312 g/mol. The van der Waals surface area contributed by atoms with Crippen molar-refractivity contribution in [1.29, 1.82) is 10.5 Å². The van der Waals surface area contributed by atoms with E-state index in [0.29, 0.717) is 11.3 Å². The molecule has 0 saturated carbocycles. The molecule has 0 amide bonds. The summed E-state index contributed by atoms with van der Waals surface area (Å²) in [7, 11) is 0. The lowest BCUT2D eigenvalue weighted by atomic mass is 9.73. The fourth-order valence-corrected chi connectivity index (χ4v) is 3.98. The normalized spacial score (nSPS) is 23.4. The predicted molar refractivity (Wildman–Crippen MR) is 93.7 cm³/mol. The first-order valence-corrected chi connectivity index (χ1v) is 8.46. The van der Waals surface area contributed by atoms with Gasteiger partial charge in [-0.2, -0.15) is 10.5 Å². The van der Waals surface area contributed by atoms with Crippen molar-refractivity contribution in [3.8, 4) is 12.1 Å². The number of carbonyl (C=O) groups excluding carboxylic acids is 1. The number of piperidine rings is 1. The Morgan fingerprint density at radius 2 is 1.80 bits per heavy atom. The van der Waals surface area contributed by atoms with Gasteiger partial charge < -0.3 is 10.6 Å². The standard InChI is InChI=1S/C20H20N4O/c1-14(25)17-18(23)16(12-21)19(24-10-6-3-7-11-24)20(17,13-22)15-8-4-2-5-9-15/h2,4-5,8-9H,3,6-7,10-11,23H2,1H3. The summed E-state index contributed by atoms with van der Waals surface area (Å²) in [5.74, 6) is -0.275. The molecule has 0 radical (unpaired) electrons. The molecule has 1 atom stereocenters. The van der Waals surface area contributed by atoms with Crippen molar-refractivity contribution in [2.75, 3.05) is 13.1 Å². The summed E-state index contributed by atoms with van der Waals surface area (Å²) in [6.45, 7) is 2.93. The largest absolute Gasteiger partial charge is 0.397 e. The van der Waals surface area contributed by atoms with E-state index in [0.717, 1.165) is 32.4 Å². The zero-order valence-electron chi connectivity index (χ0n) is 14.2. The Labute approximate surface area is 147 Å². The summed E-state index contributed by atoms with van der Waals surface area (Å²) >= 11 is 0. The van der Waals surface area contributed by atoms with Crippen LogP contribution in [0.2, 0.25) is 0 Å². The summed E-state index contributed by atoms with van der Waals surface area (Å²) in [5, 5.41) is 20.0. The molecule has 3 rings (SSSR count). The quantitative estimate of drug-likeness (QED) is 0.918. The van der Waals surface area contributed by atoms with Crippen molar-refractivity contribution < 1.29 is 4.79 Å². The molecule has 1 heterocycles. The van der Waals surface area contributed by atoms with Gasteiger partial charge in [0.15, 0.2) is 11.2 Å². The van der Waals surface area contributed by atoms with Crippen molar-refractivity contribution in [2.24, 2.45) is 5.73 Å². The fraction of sp³-hybridized carbons (Fsp3) is 0.350. The lowest BCUT2D eigenvalue weighted by Crippen LogP contribution is -2.41. The van der Waals surface area contributed by atoms with Gasteiger partial charge in [-0.15, -0.1) is 0 Å². The zero-order valence-corrected chi connectivity index (χ0v) is 14.2. The maximum Gasteiger partial charge on any atom is 0.160 e. The Balaban J connectivity index is 2.33. The minimum absolute atomic E-state index is 0.140. The van der Waals surface area contributed by atoms with Crippen LogP contribution in [-0.2, 0) is 10.2 Å². The van der Waals surface area contributed by atoms with Crippen LogP contribution in [0, 0.1) is 22.7 Å². The molecular formula is C20H20N4O. The van der Waals surface area contributed by atoms with E-state index in [9.17, 15) is 15.3 Å². The Bertz CT molecular complexity index is 848. The molecule has 5 nitrogen and oxygen atoms in total. The van der Waals surface area contributed by atoms with Crippen LogP contribution in [0.4, 0.5) is 0 Å². The number of benzene rings is 1. The van der Waals surface area contributed by atoms with Gasteiger partial charge in [0.05, 0.1) is 23.0 Å². The first-order valence-electron chi connectivity index (χ1n) is 8.46. The Morgan fingerprint density at radius 1 is 1.16 bits per heavy atom. The van der Waals surface area contributed by atoms with E-state index in [1.165, 1.54) is 6.92 Å². The maximum absolute atomic E-state index is 12.5. The average Bonchev–Trinajstić information content (AvgIpc) is 2.92. The number of hydrogen-bond acceptors (Lipinski definition) is 5. The van der Waals surface area contributed by atoms with Crippen LogP contribution in [0.1, 0.15) is 31.7 Å². The molecule has 0 bridgehead atoms. The summed E-state index contributed by atoms with van der Waals surface area (Å²) in [6.07, 6.45) is 3.11. The third-order valence-electron chi connectivity index (χ3n) is 5.02. The van der Waals surface area contributed by atoms with Crippen LogP contribution in [0.25, 0.3) is 0 Å². The van der Waals surface area contributed by atoms with E-state index in [4.69, 9.17) is 5.73 Å². The molecule has 5 heteroatoms. The van der Waals surface area contributed by atoms with E-state index >= 15 is 0 Å². The lowest BCUT2D eigenvalue weighted by molar-refractivity contribution is -0.114. The highest BCUT2D eigenvalue weighted by molar-refractivity contribution is 6.01. The minimum atomic E-state index is -1.32. The van der Waals surface area contributed by atoms with Gasteiger partial charge in [-0.05, 0) is 31.7 Å². The Kier molecular flexibility index (Phi) is 4.33. The van der Waals surface area contributed by atoms with Crippen molar-refractivity contribution >= 4 is 5.78 Å². The van der Waals surface area contributed by atoms with Gasteiger partial charge >= 0.3 is 0 Å². The molecule has 0 spiro atoms. The topological polar surface area (TPSA) is 93.9 Å². The molecule has 1 aliphatic heterocycles. The third kappa shape index (κ3) is 2.40. The molecule has 1 fully saturated rings. The summed E-state index contributed by atoms with van der Waals surface area (Å²) in [5.41, 5.74) is 6.78. The molecule has 1 aromatic rings. The highest BCUT2D eigenvalue weighted by Crippen LogP contribution is 2.49. The number of likely N-dealkylation sites (tertiary alicyclic amines) is 1. The molecule has 2 aliphatic rings. The monoisotopic (exact) mass is 332 g/mol. The number of carbonyl (C=O) groups is 1. The molecule has 1 aliphatic carbocycles. The van der Waals surface area contributed by atoms with Gasteiger partial charge in [-0.25, -0.2) is 0 Å². The van der Waals surface area contributed by atoms with Crippen LogP contribution in [0.5, 0.6) is 0 Å². The highest BCUT2D eigenvalue weighted by atomic mass is 16.1. The summed E-state index contributed by atoms with van der Waals surface area (Å²) in [4.78, 5) is 14.5. The molecule has 1 aromatic carbocycles. The number of nitrogens with zero attached hydrogens (tertiary/aromatic N) is 3. The number of nitriles is 2. The van der Waals surface area contributed by atoms with E-state index in [-0.39, 0.29) is 22.6 Å². The van der Waals surface area contributed by atoms with Gasteiger partial charge in [0.2, 0.25) is 0 Å². The van der Waals surface area contributed by atoms with Crippen LogP contribution in [-0.4, -0.2) is 23.8 Å². The van der Waals surface area contributed by atoms with Gasteiger partial charge in [0.1, 0.15) is 6.07 Å². The molecule has 0 aromatic heterocycles. The number of Topliss-reactive ketones (excluding diaryl/α,β-unsaturated/α-hetero) is 1. The second kappa shape index (κ2) is 6.45. The second-order valence-corrected chi connectivity index (χ2v) is 6.46. The fourth-order valence-electron chi connectivity index (χ4n) is 3.98. The van der Waals surface area contributed by atoms with Gasteiger partial charge in [0, 0.05) is 18.7 Å². The van der Waals surface area contributed by atoms with Crippen molar-refractivity contribution in [2.45, 2.75) is 31.6 Å². The third-order valence-corrected chi connectivity index (χ3v) is 5.02. The second-order valence-electron chi connectivity index (χ2n) is 6.46.